The molecule has 1 aromatic rings. The van der Waals surface area contributed by atoms with Crippen LogP contribution in [-0.2, 0) is 9.59 Å². The van der Waals surface area contributed by atoms with Gasteiger partial charge >= 0.3 is 5.97 Å². The van der Waals surface area contributed by atoms with E-state index in [1.807, 2.05) is 19.1 Å². The minimum absolute atomic E-state index is 0.0501. The van der Waals surface area contributed by atoms with Gasteiger partial charge in [0.25, 0.3) is 0 Å². The first-order valence-electron chi connectivity index (χ1n) is 6.43. The Morgan fingerprint density at radius 2 is 2.20 bits per heavy atom. The van der Waals surface area contributed by atoms with Crippen LogP contribution < -0.4 is 5.32 Å². The van der Waals surface area contributed by atoms with E-state index in [0.717, 1.165) is 5.56 Å². The van der Waals surface area contributed by atoms with Gasteiger partial charge in [0, 0.05) is 23.6 Å². The van der Waals surface area contributed by atoms with Crippen LogP contribution in [0.3, 0.4) is 0 Å². The third-order valence-electron chi connectivity index (χ3n) is 2.69. The van der Waals surface area contributed by atoms with E-state index in [1.165, 1.54) is 6.08 Å². The minimum atomic E-state index is -0.815. The second-order valence-electron chi connectivity index (χ2n) is 4.58. The third-order valence-corrected chi connectivity index (χ3v) is 2.93. The summed E-state index contributed by atoms with van der Waals surface area (Å²) in [5.41, 5.74) is 0.853. The van der Waals surface area contributed by atoms with E-state index in [4.69, 9.17) is 16.7 Å². The zero-order valence-corrected chi connectivity index (χ0v) is 12.1. The number of rotatable bonds is 7. The van der Waals surface area contributed by atoms with Crippen LogP contribution in [0.5, 0.6) is 0 Å². The van der Waals surface area contributed by atoms with Crippen molar-refractivity contribution in [3.63, 3.8) is 0 Å². The molecule has 0 aromatic heterocycles. The van der Waals surface area contributed by atoms with Gasteiger partial charge in [-0.3, -0.25) is 9.59 Å². The summed E-state index contributed by atoms with van der Waals surface area (Å²) < 4.78 is 0. The summed E-state index contributed by atoms with van der Waals surface area (Å²) in [6.45, 7) is 1.85. The topological polar surface area (TPSA) is 66.4 Å². The number of carbonyl (C=O) groups excluding carboxylic acids is 1. The van der Waals surface area contributed by atoms with Crippen LogP contribution in [0.25, 0.3) is 6.08 Å². The van der Waals surface area contributed by atoms with E-state index in [-0.39, 0.29) is 18.4 Å². The average Bonchev–Trinajstić information content (AvgIpc) is 2.36. The third kappa shape index (κ3) is 6.95. The summed E-state index contributed by atoms with van der Waals surface area (Å²) in [5.74, 6) is -1.02. The molecule has 108 valence electrons. The highest BCUT2D eigenvalue weighted by Crippen LogP contribution is 2.11. The van der Waals surface area contributed by atoms with Gasteiger partial charge in [0.15, 0.2) is 0 Å². The van der Waals surface area contributed by atoms with Crippen LogP contribution in [0, 0.1) is 0 Å². The summed E-state index contributed by atoms with van der Waals surface area (Å²) in [6.07, 6.45) is 4.45. The molecule has 1 unspecified atom stereocenters. The standard InChI is InChI=1S/C15H18ClNO3/c1-11(4-2-7-15(19)20)17-14(18)9-8-12-5-3-6-13(16)10-12/h3,5-6,8-11H,2,4,7H2,1H3,(H,17,18)(H,19,20)/b9-8+. The lowest BCUT2D eigenvalue weighted by Crippen LogP contribution is -2.31. The summed E-state index contributed by atoms with van der Waals surface area (Å²) in [5, 5.41) is 11.9. The van der Waals surface area contributed by atoms with Crippen LogP contribution in [-0.4, -0.2) is 23.0 Å². The highest BCUT2D eigenvalue weighted by atomic mass is 35.5. The SMILES string of the molecule is CC(CCCC(=O)O)NC(=O)/C=C/c1cccc(Cl)c1. The molecule has 0 saturated heterocycles. The first-order valence-corrected chi connectivity index (χ1v) is 6.81. The van der Waals surface area contributed by atoms with Crippen molar-refractivity contribution in [2.45, 2.75) is 32.2 Å². The van der Waals surface area contributed by atoms with Crippen LogP contribution in [0.15, 0.2) is 30.3 Å². The lowest BCUT2D eigenvalue weighted by Gasteiger charge is -2.11. The average molecular weight is 296 g/mol. The molecule has 5 heteroatoms. The van der Waals surface area contributed by atoms with Crippen molar-refractivity contribution >= 4 is 29.6 Å². The fraction of sp³-hybridized carbons (Fsp3) is 0.333. The smallest absolute Gasteiger partial charge is 0.303 e. The molecule has 0 aliphatic carbocycles. The van der Waals surface area contributed by atoms with Gasteiger partial charge in [-0.15, -0.1) is 0 Å². The second kappa shape index (κ2) is 8.38. The van der Waals surface area contributed by atoms with Crippen molar-refractivity contribution in [2.75, 3.05) is 0 Å². The molecule has 0 aliphatic rings. The first-order chi connectivity index (χ1) is 9.47. The molecule has 1 amide bonds. The molecule has 1 rings (SSSR count). The molecule has 2 N–H and O–H groups in total. The van der Waals surface area contributed by atoms with Crippen LogP contribution >= 0.6 is 11.6 Å². The molecule has 0 spiro atoms. The number of amides is 1. The molecular formula is C15H18ClNO3. The maximum atomic E-state index is 11.7. The van der Waals surface area contributed by atoms with Gasteiger partial charge in [0.05, 0.1) is 0 Å². The van der Waals surface area contributed by atoms with Gasteiger partial charge in [-0.05, 0) is 43.5 Å². The largest absolute Gasteiger partial charge is 0.481 e. The minimum Gasteiger partial charge on any atom is -0.481 e. The summed E-state index contributed by atoms with van der Waals surface area (Å²) >= 11 is 5.84. The highest BCUT2D eigenvalue weighted by Gasteiger charge is 2.05. The van der Waals surface area contributed by atoms with E-state index in [9.17, 15) is 9.59 Å². The number of carbonyl (C=O) groups is 2. The normalized spacial score (nSPS) is 12.3. The molecule has 4 nitrogen and oxygen atoms in total. The lowest BCUT2D eigenvalue weighted by atomic mass is 10.1. The van der Waals surface area contributed by atoms with E-state index in [2.05, 4.69) is 5.32 Å². The molecule has 0 heterocycles. The number of hydrogen-bond donors (Lipinski definition) is 2. The Hall–Kier alpha value is -1.81. The van der Waals surface area contributed by atoms with E-state index >= 15 is 0 Å². The van der Waals surface area contributed by atoms with Gasteiger partial charge in [0.2, 0.25) is 5.91 Å². The number of halogens is 1. The van der Waals surface area contributed by atoms with Crippen molar-refractivity contribution in [3.05, 3.63) is 40.9 Å². The van der Waals surface area contributed by atoms with Crippen molar-refractivity contribution in [1.29, 1.82) is 0 Å². The molecule has 0 saturated carbocycles. The Morgan fingerprint density at radius 1 is 1.45 bits per heavy atom. The molecule has 1 atom stereocenters. The van der Waals surface area contributed by atoms with Crippen molar-refractivity contribution in [3.8, 4) is 0 Å². The molecule has 0 bridgehead atoms. The van der Waals surface area contributed by atoms with Gasteiger partial charge < -0.3 is 10.4 Å². The summed E-state index contributed by atoms with van der Waals surface area (Å²) in [4.78, 5) is 22.0. The Morgan fingerprint density at radius 3 is 2.85 bits per heavy atom. The Kier molecular flexibility index (Phi) is 6.81. The zero-order valence-electron chi connectivity index (χ0n) is 11.3. The summed E-state index contributed by atoms with van der Waals surface area (Å²) in [7, 11) is 0. The summed E-state index contributed by atoms with van der Waals surface area (Å²) in [6, 6.07) is 7.15. The van der Waals surface area contributed by atoms with E-state index in [0.29, 0.717) is 17.9 Å². The Labute approximate surface area is 123 Å². The molecule has 20 heavy (non-hydrogen) atoms. The molecule has 1 aromatic carbocycles. The van der Waals surface area contributed by atoms with Gasteiger partial charge in [-0.1, -0.05) is 23.7 Å². The number of benzene rings is 1. The van der Waals surface area contributed by atoms with Crippen LogP contribution in [0.2, 0.25) is 5.02 Å². The maximum Gasteiger partial charge on any atom is 0.303 e. The molecule has 0 radical (unpaired) electrons. The van der Waals surface area contributed by atoms with Crippen molar-refractivity contribution in [2.24, 2.45) is 0 Å². The molecule has 0 fully saturated rings. The van der Waals surface area contributed by atoms with E-state index in [1.54, 1.807) is 18.2 Å². The Balaban J connectivity index is 2.37. The number of carboxylic acid groups (broad SMARTS) is 1. The second-order valence-corrected chi connectivity index (χ2v) is 5.02. The fourth-order valence-corrected chi connectivity index (χ4v) is 1.90. The van der Waals surface area contributed by atoms with Crippen LogP contribution in [0.1, 0.15) is 31.7 Å². The van der Waals surface area contributed by atoms with Gasteiger partial charge in [0.1, 0.15) is 0 Å². The van der Waals surface area contributed by atoms with Gasteiger partial charge in [-0.25, -0.2) is 0 Å². The molecule has 0 aliphatic heterocycles. The predicted molar refractivity (Wildman–Crippen MR) is 79.6 cm³/mol. The Bertz CT molecular complexity index is 500. The van der Waals surface area contributed by atoms with Crippen LogP contribution in [0.4, 0.5) is 0 Å². The zero-order chi connectivity index (χ0) is 15.0. The number of carboxylic acids is 1. The number of nitrogens with one attached hydrogen (secondary N) is 1. The van der Waals surface area contributed by atoms with E-state index < -0.39 is 5.97 Å². The quantitative estimate of drug-likeness (QED) is 0.760. The van der Waals surface area contributed by atoms with Crippen molar-refractivity contribution < 1.29 is 14.7 Å². The first kappa shape index (κ1) is 16.2. The van der Waals surface area contributed by atoms with Crippen molar-refractivity contribution in [1.82, 2.24) is 5.32 Å². The molecular weight excluding hydrogens is 278 g/mol. The maximum absolute atomic E-state index is 11.7. The highest BCUT2D eigenvalue weighted by molar-refractivity contribution is 6.30. The monoisotopic (exact) mass is 295 g/mol. The number of aliphatic carboxylic acids is 1. The predicted octanol–water partition coefficient (Wildman–Crippen LogP) is 3.11. The van der Waals surface area contributed by atoms with Gasteiger partial charge in [-0.2, -0.15) is 0 Å². The fourth-order valence-electron chi connectivity index (χ4n) is 1.70. The number of hydrogen-bond acceptors (Lipinski definition) is 2. The lowest BCUT2D eigenvalue weighted by molar-refractivity contribution is -0.137.